The van der Waals surface area contributed by atoms with Crippen molar-refractivity contribution in [3.8, 4) is 5.75 Å². The quantitative estimate of drug-likeness (QED) is 0.923. The maximum atomic E-state index is 12.4. The van der Waals surface area contributed by atoms with E-state index in [1.807, 2.05) is 13.8 Å². The molecule has 128 valence electrons. The highest BCUT2D eigenvalue weighted by Crippen LogP contribution is 2.27. The SMILES string of the molecule is CC1CN(C(=O)CCc2ccccc2OC(F)(F)F)CC(C)N1. The van der Waals surface area contributed by atoms with E-state index in [-0.39, 0.29) is 36.6 Å². The van der Waals surface area contributed by atoms with Crippen molar-refractivity contribution in [3.63, 3.8) is 0 Å². The summed E-state index contributed by atoms with van der Waals surface area (Å²) in [4.78, 5) is 14.1. The van der Waals surface area contributed by atoms with Gasteiger partial charge < -0.3 is 15.0 Å². The molecule has 2 rings (SSSR count). The van der Waals surface area contributed by atoms with E-state index in [2.05, 4.69) is 10.1 Å². The zero-order chi connectivity index (χ0) is 17.0. The summed E-state index contributed by atoms with van der Waals surface area (Å²) in [6, 6.07) is 6.36. The highest BCUT2D eigenvalue weighted by Gasteiger charge is 2.32. The number of hydrogen-bond acceptors (Lipinski definition) is 3. The van der Waals surface area contributed by atoms with Gasteiger partial charge in [-0.25, -0.2) is 0 Å². The number of para-hydroxylation sites is 1. The molecule has 0 aliphatic carbocycles. The van der Waals surface area contributed by atoms with Crippen LogP contribution in [0.2, 0.25) is 0 Å². The van der Waals surface area contributed by atoms with Gasteiger partial charge in [0.2, 0.25) is 5.91 Å². The molecule has 7 heteroatoms. The van der Waals surface area contributed by atoms with Crippen LogP contribution >= 0.6 is 0 Å². The van der Waals surface area contributed by atoms with Gasteiger partial charge in [-0.05, 0) is 31.9 Å². The Kier molecular flexibility index (Phi) is 5.51. The minimum Gasteiger partial charge on any atom is -0.406 e. The van der Waals surface area contributed by atoms with E-state index in [9.17, 15) is 18.0 Å². The highest BCUT2D eigenvalue weighted by atomic mass is 19.4. The summed E-state index contributed by atoms with van der Waals surface area (Å²) in [5.41, 5.74) is 0.384. The van der Waals surface area contributed by atoms with Gasteiger partial charge in [-0.2, -0.15) is 0 Å². The molecule has 0 spiro atoms. The first-order chi connectivity index (χ1) is 10.7. The second-order valence-corrected chi connectivity index (χ2v) is 5.92. The zero-order valence-corrected chi connectivity index (χ0v) is 13.2. The van der Waals surface area contributed by atoms with Crippen molar-refractivity contribution in [2.24, 2.45) is 0 Å². The van der Waals surface area contributed by atoms with Gasteiger partial charge in [0.05, 0.1) is 0 Å². The molecule has 1 heterocycles. The van der Waals surface area contributed by atoms with Crippen molar-refractivity contribution in [1.82, 2.24) is 10.2 Å². The maximum absolute atomic E-state index is 12.4. The number of hydrogen-bond donors (Lipinski definition) is 1. The second kappa shape index (κ2) is 7.21. The summed E-state index contributed by atoms with van der Waals surface area (Å²) >= 11 is 0. The molecular weight excluding hydrogens is 309 g/mol. The summed E-state index contributed by atoms with van der Waals surface area (Å²) in [6.07, 6.45) is -4.35. The van der Waals surface area contributed by atoms with Crippen molar-refractivity contribution in [2.45, 2.75) is 45.1 Å². The first-order valence-corrected chi connectivity index (χ1v) is 7.62. The molecule has 1 amide bonds. The van der Waals surface area contributed by atoms with Crippen LogP contribution < -0.4 is 10.1 Å². The molecule has 0 saturated carbocycles. The van der Waals surface area contributed by atoms with E-state index in [0.29, 0.717) is 18.7 Å². The predicted octanol–water partition coefficient (Wildman–Crippen LogP) is 2.73. The van der Waals surface area contributed by atoms with E-state index in [1.165, 1.54) is 12.1 Å². The molecule has 1 fully saturated rings. The van der Waals surface area contributed by atoms with Crippen LogP contribution in [0, 0.1) is 0 Å². The fourth-order valence-corrected chi connectivity index (χ4v) is 2.86. The fourth-order valence-electron chi connectivity index (χ4n) is 2.86. The van der Waals surface area contributed by atoms with Crippen molar-refractivity contribution in [1.29, 1.82) is 0 Å². The van der Waals surface area contributed by atoms with Crippen LogP contribution in [0.3, 0.4) is 0 Å². The number of amides is 1. The third-order valence-electron chi connectivity index (χ3n) is 3.72. The fraction of sp³-hybridized carbons (Fsp3) is 0.562. The van der Waals surface area contributed by atoms with Crippen LogP contribution in [0.1, 0.15) is 25.8 Å². The number of carbonyl (C=O) groups is 1. The number of nitrogens with one attached hydrogen (secondary N) is 1. The van der Waals surface area contributed by atoms with Gasteiger partial charge in [-0.3, -0.25) is 4.79 Å². The van der Waals surface area contributed by atoms with Crippen molar-refractivity contribution in [3.05, 3.63) is 29.8 Å². The molecule has 0 aromatic heterocycles. The van der Waals surface area contributed by atoms with Crippen molar-refractivity contribution in [2.75, 3.05) is 13.1 Å². The Balaban J connectivity index is 1.96. The highest BCUT2D eigenvalue weighted by molar-refractivity contribution is 5.76. The van der Waals surface area contributed by atoms with Crippen LogP contribution in [0.15, 0.2) is 24.3 Å². The topological polar surface area (TPSA) is 41.6 Å². The predicted molar refractivity (Wildman–Crippen MR) is 80.1 cm³/mol. The van der Waals surface area contributed by atoms with Crippen molar-refractivity contribution < 1.29 is 22.7 Å². The molecule has 4 nitrogen and oxygen atoms in total. The molecule has 2 atom stereocenters. The lowest BCUT2D eigenvalue weighted by atomic mass is 10.1. The molecule has 2 unspecified atom stereocenters. The Morgan fingerprint density at radius 2 is 1.87 bits per heavy atom. The van der Waals surface area contributed by atoms with Crippen molar-refractivity contribution >= 4 is 5.91 Å². The molecule has 1 aromatic carbocycles. The zero-order valence-electron chi connectivity index (χ0n) is 13.2. The Bertz CT molecular complexity index is 538. The third kappa shape index (κ3) is 5.42. The van der Waals surface area contributed by atoms with Crippen LogP contribution in [0.4, 0.5) is 13.2 Å². The Morgan fingerprint density at radius 3 is 2.48 bits per heavy atom. The molecule has 1 saturated heterocycles. The lowest BCUT2D eigenvalue weighted by molar-refractivity contribution is -0.274. The smallest absolute Gasteiger partial charge is 0.406 e. The molecule has 23 heavy (non-hydrogen) atoms. The average molecular weight is 330 g/mol. The lowest BCUT2D eigenvalue weighted by Crippen LogP contribution is -2.55. The largest absolute Gasteiger partial charge is 0.573 e. The van der Waals surface area contributed by atoms with Gasteiger partial charge in [0.25, 0.3) is 0 Å². The molecule has 0 radical (unpaired) electrons. The van der Waals surface area contributed by atoms with Crippen LogP contribution in [0.5, 0.6) is 5.75 Å². The third-order valence-corrected chi connectivity index (χ3v) is 3.72. The van der Waals surface area contributed by atoms with Gasteiger partial charge in [0.1, 0.15) is 5.75 Å². The number of halogens is 3. The van der Waals surface area contributed by atoms with Crippen LogP contribution in [-0.2, 0) is 11.2 Å². The van der Waals surface area contributed by atoms with E-state index in [1.54, 1.807) is 17.0 Å². The minimum atomic E-state index is -4.73. The Morgan fingerprint density at radius 1 is 1.26 bits per heavy atom. The molecule has 0 bridgehead atoms. The summed E-state index contributed by atoms with van der Waals surface area (Å²) < 4.78 is 41.2. The summed E-state index contributed by atoms with van der Waals surface area (Å²) in [5, 5.41) is 3.33. The maximum Gasteiger partial charge on any atom is 0.573 e. The van der Waals surface area contributed by atoms with Gasteiger partial charge in [0, 0.05) is 31.6 Å². The van der Waals surface area contributed by atoms with Crippen LogP contribution in [0.25, 0.3) is 0 Å². The molecule has 1 N–H and O–H groups in total. The molecule has 1 aromatic rings. The van der Waals surface area contributed by atoms with Gasteiger partial charge in [-0.15, -0.1) is 13.2 Å². The first-order valence-electron chi connectivity index (χ1n) is 7.62. The number of piperazine rings is 1. The van der Waals surface area contributed by atoms with Gasteiger partial charge in [-0.1, -0.05) is 18.2 Å². The average Bonchev–Trinajstić information content (AvgIpc) is 2.43. The van der Waals surface area contributed by atoms with E-state index < -0.39 is 6.36 Å². The van der Waals surface area contributed by atoms with E-state index in [4.69, 9.17) is 0 Å². The number of benzene rings is 1. The summed E-state index contributed by atoms with van der Waals surface area (Å²) in [7, 11) is 0. The summed E-state index contributed by atoms with van der Waals surface area (Å²) in [5.74, 6) is -0.290. The standard InChI is InChI=1S/C16H21F3N2O2/c1-11-9-21(10-12(2)20-11)15(22)8-7-13-5-3-4-6-14(13)23-16(17,18)19/h3-6,11-12,20H,7-10H2,1-2H3. The number of nitrogens with zero attached hydrogens (tertiary/aromatic N) is 1. The molecule has 1 aliphatic heterocycles. The number of alkyl halides is 3. The number of rotatable bonds is 4. The Labute approximate surface area is 133 Å². The summed E-state index contributed by atoms with van der Waals surface area (Å²) in [6.45, 7) is 5.23. The number of carbonyl (C=O) groups excluding carboxylic acids is 1. The molecule has 1 aliphatic rings. The van der Waals surface area contributed by atoms with Crippen LogP contribution in [-0.4, -0.2) is 42.3 Å². The lowest BCUT2D eigenvalue weighted by Gasteiger charge is -2.36. The number of aryl methyl sites for hydroxylation is 1. The van der Waals surface area contributed by atoms with E-state index >= 15 is 0 Å². The monoisotopic (exact) mass is 330 g/mol. The van der Waals surface area contributed by atoms with Gasteiger partial charge in [0.15, 0.2) is 0 Å². The van der Waals surface area contributed by atoms with Gasteiger partial charge >= 0.3 is 6.36 Å². The molecular formula is C16H21F3N2O2. The Hall–Kier alpha value is -1.76. The number of ether oxygens (including phenoxy) is 1. The van der Waals surface area contributed by atoms with E-state index in [0.717, 1.165) is 0 Å². The first kappa shape index (κ1) is 17.6. The second-order valence-electron chi connectivity index (χ2n) is 5.92. The normalized spacial score (nSPS) is 22.0. The minimum absolute atomic E-state index is 0.0491.